The average Bonchev–Trinajstić information content (AvgIpc) is 2.14. The fourth-order valence-corrected chi connectivity index (χ4v) is 1.95. The lowest BCUT2D eigenvalue weighted by Gasteiger charge is -2.32. The van der Waals surface area contributed by atoms with Crippen molar-refractivity contribution in [2.75, 3.05) is 13.7 Å². The van der Waals surface area contributed by atoms with Gasteiger partial charge in [-0.3, -0.25) is 0 Å². The first-order chi connectivity index (χ1) is 7.69. The highest BCUT2D eigenvalue weighted by atomic mass is 127. The van der Waals surface area contributed by atoms with E-state index in [1.807, 2.05) is 20.8 Å². The molecule has 0 aromatic carbocycles. The summed E-state index contributed by atoms with van der Waals surface area (Å²) >= 11 is 2.07. The van der Waals surface area contributed by atoms with E-state index >= 15 is 0 Å². The summed E-state index contributed by atoms with van der Waals surface area (Å²) in [5, 5.41) is 0. The normalized spacial score (nSPS) is 13.6. The van der Waals surface area contributed by atoms with Crippen LogP contribution in [0.1, 0.15) is 34.6 Å². The van der Waals surface area contributed by atoms with Gasteiger partial charge in [0.1, 0.15) is 5.60 Å². The van der Waals surface area contributed by atoms with E-state index in [1.165, 1.54) is 9.21 Å². The molecule has 0 spiro atoms. The Hall–Kier alpha value is 0.310. The summed E-state index contributed by atoms with van der Waals surface area (Å²) in [6.07, 6.45) is -0.307. The number of halogens is 1. The molecule has 0 bridgehead atoms. The van der Waals surface area contributed by atoms with Gasteiger partial charge in [0.15, 0.2) is 0 Å². The number of nitrogens with zero attached hydrogens (tertiary/aromatic N) is 1. The molecule has 0 N–H and O–H groups in total. The van der Waals surface area contributed by atoms with Gasteiger partial charge in [-0.05, 0) is 26.7 Å². The number of carbonyl (C=O) groups is 1. The maximum atomic E-state index is 11.9. The lowest BCUT2D eigenvalue weighted by molar-refractivity contribution is 0.0131. The number of rotatable bonds is 5. The molecule has 0 fully saturated rings. The van der Waals surface area contributed by atoms with Crippen molar-refractivity contribution in [2.45, 2.75) is 46.3 Å². The highest BCUT2D eigenvalue weighted by molar-refractivity contribution is 14.2. The third kappa shape index (κ3) is 7.35. The quantitative estimate of drug-likeness (QED) is 0.540. The highest BCUT2D eigenvalue weighted by Crippen LogP contribution is 2.19. The Morgan fingerprint density at radius 3 is 2.29 bits per heavy atom. The number of amides is 1. The van der Waals surface area contributed by atoms with Crippen molar-refractivity contribution in [1.82, 2.24) is 4.90 Å². The van der Waals surface area contributed by atoms with Crippen LogP contribution in [0.2, 0.25) is 0 Å². The molecule has 17 heavy (non-hydrogen) atoms. The summed E-state index contributed by atoms with van der Waals surface area (Å²) in [4.78, 5) is 13.5. The zero-order valence-corrected chi connectivity index (χ0v) is 14.3. The van der Waals surface area contributed by atoms with Crippen molar-refractivity contribution in [3.05, 3.63) is 0 Å². The Kier molecular flexibility index (Phi) is 7.82. The van der Waals surface area contributed by atoms with E-state index in [2.05, 4.69) is 35.1 Å². The van der Waals surface area contributed by atoms with E-state index in [4.69, 9.17) is 8.92 Å². The van der Waals surface area contributed by atoms with Crippen LogP contribution in [0.4, 0.5) is 4.79 Å². The summed E-state index contributed by atoms with van der Waals surface area (Å²) in [5.41, 5.74) is -0.467. The third-order valence-corrected chi connectivity index (χ3v) is 3.22. The van der Waals surface area contributed by atoms with Gasteiger partial charge >= 0.3 is 6.09 Å². The van der Waals surface area contributed by atoms with E-state index < -0.39 is 5.60 Å². The molecule has 4 nitrogen and oxygen atoms in total. The van der Waals surface area contributed by atoms with E-state index in [0.717, 1.165) is 0 Å². The molecule has 0 heterocycles. The average molecular weight is 375 g/mol. The molecule has 102 valence electrons. The topological polar surface area (TPSA) is 38.8 Å². The molecular weight excluding hydrogens is 353 g/mol. The van der Waals surface area contributed by atoms with Crippen LogP contribution < -0.4 is 0 Å². The predicted molar refractivity (Wildman–Crippen MR) is 80.2 cm³/mol. The lowest BCUT2D eigenvalue weighted by atomic mass is 10.0. The number of carbonyl (C=O) groups excluding carboxylic acids is 1. The van der Waals surface area contributed by atoms with Crippen molar-refractivity contribution >= 4 is 36.5 Å². The summed E-state index contributed by atoms with van der Waals surface area (Å²) in [6.45, 7) is 10.2. The summed E-state index contributed by atoms with van der Waals surface area (Å²) in [5.74, 6) is 0.316. The monoisotopic (exact) mass is 375 g/mol. The molecule has 0 aliphatic heterocycles. The number of hydrogen-bond donors (Lipinski definition) is 0. The minimum atomic E-state index is -0.467. The van der Waals surface area contributed by atoms with Crippen LogP contribution in [0.3, 0.4) is 0 Å². The van der Waals surface area contributed by atoms with Gasteiger partial charge in [0.05, 0.1) is 21.9 Å². The van der Waals surface area contributed by atoms with E-state index in [1.54, 1.807) is 11.9 Å². The summed E-state index contributed by atoms with van der Waals surface area (Å²) in [7, 11) is 3.03. The fraction of sp³-hybridized carbons (Fsp3) is 0.909. The zero-order chi connectivity index (χ0) is 13.6. The molecule has 1 unspecified atom stereocenters. The number of likely N-dealkylation sites (N-methyl/N-ethyl adjacent to an activating group) is 1. The molecule has 6 heteroatoms. The van der Waals surface area contributed by atoms with E-state index in [0.29, 0.717) is 12.5 Å². The number of ether oxygens (including phenoxy) is 1. The van der Waals surface area contributed by atoms with Crippen LogP contribution in [0.25, 0.3) is 0 Å². The fourth-order valence-electron chi connectivity index (χ4n) is 1.32. The highest BCUT2D eigenvalue weighted by Gasteiger charge is 2.27. The summed E-state index contributed by atoms with van der Waals surface area (Å²) < 4.78 is 10.6. The lowest BCUT2D eigenvalue weighted by Crippen LogP contribution is -2.45. The molecule has 0 saturated heterocycles. The molecule has 0 radical (unpaired) electrons. The van der Waals surface area contributed by atoms with Gasteiger partial charge in [-0.2, -0.15) is 0 Å². The Bertz CT molecular complexity index is 243. The Labute approximate surface area is 121 Å². The van der Waals surface area contributed by atoms with E-state index in [-0.39, 0.29) is 12.1 Å². The molecule has 1 amide bonds. The van der Waals surface area contributed by atoms with Crippen molar-refractivity contribution in [1.29, 1.82) is 0 Å². The molecule has 0 aliphatic carbocycles. The van der Waals surface area contributed by atoms with Crippen molar-refractivity contribution in [2.24, 2.45) is 5.92 Å². The predicted octanol–water partition coefficient (Wildman–Crippen LogP) is 3.89. The van der Waals surface area contributed by atoms with Crippen LogP contribution >= 0.6 is 30.4 Å². The third-order valence-electron chi connectivity index (χ3n) is 2.23. The van der Waals surface area contributed by atoms with Crippen LogP contribution in [-0.2, 0) is 8.92 Å². The van der Waals surface area contributed by atoms with Gasteiger partial charge < -0.3 is 13.8 Å². The molecular formula is C11H22INO3S. The van der Waals surface area contributed by atoms with Gasteiger partial charge in [0.2, 0.25) is 0 Å². The first-order valence-electron chi connectivity index (χ1n) is 5.55. The van der Waals surface area contributed by atoms with Gasteiger partial charge in [-0.25, -0.2) is 4.79 Å². The van der Waals surface area contributed by atoms with Gasteiger partial charge in [-0.1, -0.05) is 13.8 Å². The SMILES string of the molecule is CC(C)C(COSI)N(C)C(=O)OC(C)(C)C. The Morgan fingerprint density at radius 2 is 1.94 bits per heavy atom. The molecule has 0 rings (SSSR count). The van der Waals surface area contributed by atoms with Crippen molar-refractivity contribution in [3.8, 4) is 0 Å². The minimum Gasteiger partial charge on any atom is -0.444 e. The second-order valence-electron chi connectivity index (χ2n) is 5.25. The van der Waals surface area contributed by atoms with Crippen molar-refractivity contribution in [3.63, 3.8) is 0 Å². The molecule has 0 saturated carbocycles. The zero-order valence-electron chi connectivity index (χ0n) is 11.3. The van der Waals surface area contributed by atoms with Crippen LogP contribution in [0.15, 0.2) is 0 Å². The smallest absolute Gasteiger partial charge is 0.410 e. The Morgan fingerprint density at radius 1 is 1.41 bits per heavy atom. The first-order valence-corrected chi connectivity index (χ1v) is 8.83. The largest absolute Gasteiger partial charge is 0.444 e. The molecule has 0 aromatic rings. The molecule has 1 atom stereocenters. The Balaban J connectivity index is 4.49. The first kappa shape index (κ1) is 17.3. The van der Waals surface area contributed by atoms with Gasteiger partial charge in [-0.15, -0.1) is 0 Å². The molecule has 0 aromatic heterocycles. The van der Waals surface area contributed by atoms with Crippen LogP contribution in [0.5, 0.6) is 0 Å². The summed E-state index contributed by atoms with van der Waals surface area (Å²) in [6, 6.07) is 0.0205. The van der Waals surface area contributed by atoms with Crippen molar-refractivity contribution < 1.29 is 13.7 Å². The standard InChI is InChI=1S/C11H22INO3S/c1-8(2)9(7-15-17-12)13(6)10(14)16-11(3,4)5/h8-9H,7H2,1-6H3. The van der Waals surface area contributed by atoms with Gasteiger partial charge in [0, 0.05) is 28.3 Å². The van der Waals surface area contributed by atoms with Crippen LogP contribution in [-0.4, -0.2) is 36.3 Å². The van der Waals surface area contributed by atoms with Gasteiger partial charge in [0.25, 0.3) is 0 Å². The molecule has 0 aliphatic rings. The second kappa shape index (κ2) is 7.68. The number of hydrogen-bond acceptors (Lipinski definition) is 4. The minimum absolute atomic E-state index is 0.0205. The van der Waals surface area contributed by atoms with E-state index in [9.17, 15) is 4.79 Å². The maximum absolute atomic E-state index is 11.9. The maximum Gasteiger partial charge on any atom is 0.410 e. The second-order valence-corrected chi connectivity index (χ2v) is 6.69. The van der Waals surface area contributed by atoms with Crippen LogP contribution in [0, 0.1) is 5.92 Å².